The number of nitrogens with one attached hydrogen (secondary N) is 1. The number of aliphatic imine (C=N–C) groups is 2. The monoisotopic (exact) mass is 157 g/mol. The lowest BCUT2D eigenvalue weighted by Gasteiger charge is -2.00. The zero-order chi connectivity index (χ0) is 9.11. The van der Waals surface area contributed by atoms with Crippen molar-refractivity contribution >= 4 is 12.2 Å². The summed E-state index contributed by atoms with van der Waals surface area (Å²) in [5.41, 5.74) is 0. The third-order valence-electron chi connectivity index (χ3n) is 0.754. The summed E-state index contributed by atoms with van der Waals surface area (Å²) in [5.74, 6) is 0.940. The number of hydrogen-bond donors (Lipinski definition) is 1. The Morgan fingerprint density at radius 1 is 1.27 bits per heavy atom. The van der Waals surface area contributed by atoms with Gasteiger partial charge in [-0.15, -0.1) is 0 Å². The van der Waals surface area contributed by atoms with Crippen LogP contribution in [0.3, 0.4) is 0 Å². The smallest absolute Gasteiger partial charge is 0.133 e. The number of hydrogen-bond acceptors (Lipinski definition) is 3. The fourth-order valence-corrected chi connectivity index (χ4v) is 0.372. The van der Waals surface area contributed by atoms with Gasteiger partial charge in [0.05, 0.1) is 6.34 Å². The van der Waals surface area contributed by atoms with Crippen LogP contribution in [0.1, 0.15) is 34.6 Å². The highest BCUT2D eigenvalue weighted by Gasteiger charge is 1.86. The van der Waals surface area contributed by atoms with E-state index in [9.17, 15) is 0 Å². The molecule has 0 aliphatic carbocycles. The Bertz CT molecular complexity index is 117. The van der Waals surface area contributed by atoms with Gasteiger partial charge in [-0.25, -0.2) is 4.99 Å². The maximum Gasteiger partial charge on any atom is 0.133 e. The van der Waals surface area contributed by atoms with Crippen LogP contribution in [-0.2, 0) is 0 Å². The van der Waals surface area contributed by atoms with Crippen molar-refractivity contribution in [3.63, 3.8) is 0 Å². The lowest BCUT2D eigenvalue weighted by molar-refractivity contribution is 1.02. The van der Waals surface area contributed by atoms with E-state index in [0.717, 1.165) is 5.84 Å². The van der Waals surface area contributed by atoms with E-state index >= 15 is 0 Å². The fourth-order valence-electron chi connectivity index (χ4n) is 0.372. The molecule has 11 heavy (non-hydrogen) atoms. The number of rotatable bonds is 0. The molecule has 1 rings (SSSR count). The molecule has 0 spiro atoms. The van der Waals surface area contributed by atoms with E-state index in [1.165, 1.54) is 0 Å². The molecule has 0 saturated carbocycles. The third kappa shape index (κ3) is 9.14. The summed E-state index contributed by atoms with van der Waals surface area (Å²) in [6, 6.07) is 0. The summed E-state index contributed by atoms with van der Waals surface area (Å²) in [6.07, 6.45) is 1.66. The van der Waals surface area contributed by atoms with Crippen LogP contribution in [0.15, 0.2) is 9.98 Å². The van der Waals surface area contributed by atoms with Crippen molar-refractivity contribution in [2.24, 2.45) is 9.98 Å². The predicted octanol–water partition coefficient (Wildman–Crippen LogP) is 2.05. The molecule has 0 saturated heterocycles. The summed E-state index contributed by atoms with van der Waals surface area (Å²) in [6.45, 7) is 10.5. The molecular weight excluding hydrogens is 138 g/mol. The Kier molecular flexibility index (Phi) is 13.8. The van der Waals surface area contributed by atoms with Gasteiger partial charge in [0.25, 0.3) is 0 Å². The molecule has 0 atom stereocenters. The zero-order valence-corrected chi connectivity index (χ0v) is 8.18. The van der Waals surface area contributed by atoms with Crippen molar-refractivity contribution in [3.8, 4) is 0 Å². The van der Waals surface area contributed by atoms with Gasteiger partial charge >= 0.3 is 0 Å². The number of nitrogens with zero attached hydrogens (tertiary/aromatic N) is 2. The average molecular weight is 157 g/mol. The van der Waals surface area contributed by atoms with E-state index in [2.05, 4.69) is 15.3 Å². The van der Waals surface area contributed by atoms with Gasteiger partial charge in [-0.1, -0.05) is 27.7 Å². The van der Waals surface area contributed by atoms with Gasteiger partial charge in [-0.3, -0.25) is 4.99 Å². The maximum absolute atomic E-state index is 3.94. The van der Waals surface area contributed by atoms with Crippen LogP contribution in [0.2, 0.25) is 0 Å². The summed E-state index contributed by atoms with van der Waals surface area (Å²) in [7, 11) is 0. The van der Waals surface area contributed by atoms with E-state index in [-0.39, 0.29) is 0 Å². The molecule has 0 amide bonds. The Labute approximate surface area is 69.6 Å². The molecule has 0 fully saturated rings. The van der Waals surface area contributed by atoms with Crippen molar-refractivity contribution in [3.05, 3.63) is 0 Å². The first-order valence-electron chi connectivity index (χ1n) is 4.15. The number of amidine groups is 1. The second kappa shape index (κ2) is 11.9. The van der Waals surface area contributed by atoms with Crippen LogP contribution in [0.25, 0.3) is 0 Å². The van der Waals surface area contributed by atoms with Gasteiger partial charge in [0.2, 0.25) is 0 Å². The van der Waals surface area contributed by atoms with Crippen molar-refractivity contribution in [2.45, 2.75) is 34.6 Å². The Morgan fingerprint density at radius 3 is 2.00 bits per heavy atom. The second-order valence-electron chi connectivity index (χ2n) is 1.34. The van der Waals surface area contributed by atoms with Gasteiger partial charge in [-0.05, 0) is 6.92 Å². The minimum Gasteiger partial charge on any atom is -0.335 e. The molecule has 1 aliphatic rings. The topological polar surface area (TPSA) is 36.8 Å². The van der Waals surface area contributed by atoms with Crippen LogP contribution in [0.5, 0.6) is 0 Å². The standard InChI is InChI=1S/C4H7N3.2C2H6/c1-4-6-2-5-3-7-4;2*1-2/h2H,3H2,1H3,(H,5,6,7);2*1-2H3. The van der Waals surface area contributed by atoms with E-state index in [1.54, 1.807) is 6.34 Å². The molecule has 0 radical (unpaired) electrons. The Hall–Kier alpha value is -0.860. The van der Waals surface area contributed by atoms with Gasteiger partial charge in [0, 0.05) is 0 Å². The first-order valence-corrected chi connectivity index (χ1v) is 4.15. The molecule has 0 aromatic carbocycles. The Morgan fingerprint density at radius 2 is 1.82 bits per heavy atom. The molecular formula is C8H19N3. The molecule has 66 valence electrons. The molecule has 3 heteroatoms. The molecule has 1 heterocycles. The van der Waals surface area contributed by atoms with Crippen LogP contribution in [0, 0.1) is 0 Å². The highest BCUT2D eigenvalue weighted by Crippen LogP contribution is 1.77. The molecule has 0 aromatic rings. The fraction of sp³-hybridized carbons (Fsp3) is 0.750. The zero-order valence-electron chi connectivity index (χ0n) is 8.18. The molecule has 0 aromatic heterocycles. The molecule has 0 unspecified atom stereocenters. The normalized spacial score (nSPS) is 12.6. The summed E-state index contributed by atoms with van der Waals surface area (Å²) in [4.78, 5) is 7.74. The highest BCUT2D eigenvalue weighted by molar-refractivity contribution is 5.90. The van der Waals surface area contributed by atoms with Gasteiger partial charge in [0.15, 0.2) is 0 Å². The SMILES string of the molecule is CC.CC.CC1=NCN=CN1. The van der Waals surface area contributed by atoms with Gasteiger partial charge in [0.1, 0.15) is 12.5 Å². The largest absolute Gasteiger partial charge is 0.335 e. The minimum absolute atomic E-state index is 0.582. The van der Waals surface area contributed by atoms with Crippen molar-refractivity contribution in [2.75, 3.05) is 6.67 Å². The van der Waals surface area contributed by atoms with Crippen molar-refractivity contribution < 1.29 is 0 Å². The Balaban J connectivity index is 0. The predicted molar refractivity (Wildman–Crippen MR) is 52.3 cm³/mol. The first kappa shape index (κ1) is 12.8. The first-order chi connectivity index (χ1) is 5.39. The molecule has 0 bridgehead atoms. The summed E-state index contributed by atoms with van der Waals surface area (Å²) in [5, 5.41) is 2.84. The van der Waals surface area contributed by atoms with E-state index in [1.807, 2.05) is 34.6 Å². The molecule has 3 nitrogen and oxygen atoms in total. The third-order valence-corrected chi connectivity index (χ3v) is 0.754. The lowest BCUT2D eigenvalue weighted by Crippen LogP contribution is -2.21. The van der Waals surface area contributed by atoms with Crippen LogP contribution in [0.4, 0.5) is 0 Å². The van der Waals surface area contributed by atoms with Gasteiger partial charge < -0.3 is 5.32 Å². The highest BCUT2D eigenvalue weighted by atomic mass is 15.1. The van der Waals surface area contributed by atoms with Gasteiger partial charge in [-0.2, -0.15) is 0 Å². The van der Waals surface area contributed by atoms with Crippen LogP contribution >= 0.6 is 0 Å². The lowest BCUT2D eigenvalue weighted by atomic mass is 10.6. The van der Waals surface area contributed by atoms with Crippen LogP contribution < -0.4 is 5.32 Å². The quantitative estimate of drug-likeness (QED) is 0.574. The minimum atomic E-state index is 0.582. The maximum atomic E-state index is 3.94. The van der Waals surface area contributed by atoms with Crippen molar-refractivity contribution in [1.29, 1.82) is 0 Å². The summed E-state index contributed by atoms with van der Waals surface area (Å²) >= 11 is 0. The molecule has 1 N–H and O–H groups in total. The van der Waals surface area contributed by atoms with Crippen molar-refractivity contribution in [1.82, 2.24) is 5.32 Å². The van der Waals surface area contributed by atoms with E-state index < -0.39 is 0 Å². The van der Waals surface area contributed by atoms with Crippen LogP contribution in [-0.4, -0.2) is 18.8 Å². The van der Waals surface area contributed by atoms with E-state index in [4.69, 9.17) is 0 Å². The second-order valence-corrected chi connectivity index (χ2v) is 1.34. The average Bonchev–Trinajstić information content (AvgIpc) is 2.13. The van der Waals surface area contributed by atoms with E-state index in [0.29, 0.717) is 6.67 Å². The summed E-state index contributed by atoms with van der Waals surface area (Å²) < 4.78 is 0. The molecule has 1 aliphatic heterocycles.